The van der Waals surface area contributed by atoms with Crippen LogP contribution in [0.2, 0.25) is 0 Å². The number of anilines is 2. The van der Waals surface area contributed by atoms with Gasteiger partial charge in [0.1, 0.15) is 11.6 Å². The van der Waals surface area contributed by atoms with Crippen LogP contribution >= 0.6 is 0 Å². The summed E-state index contributed by atoms with van der Waals surface area (Å²) in [6, 6.07) is 6.27. The van der Waals surface area contributed by atoms with Crippen molar-refractivity contribution in [3.05, 3.63) is 51.8 Å². The average molecular weight is 395 g/mol. The van der Waals surface area contributed by atoms with Crippen molar-refractivity contribution in [1.29, 1.82) is 0 Å². The number of H-pyrrole nitrogens is 1. The Morgan fingerprint density at radius 2 is 1.90 bits per heavy atom. The summed E-state index contributed by atoms with van der Waals surface area (Å²) in [6.45, 7) is 3.62. The first-order chi connectivity index (χ1) is 14.0. The number of aromatic nitrogens is 4. The van der Waals surface area contributed by atoms with Gasteiger partial charge in [0, 0.05) is 44.2 Å². The number of benzene rings is 1. The maximum Gasteiger partial charge on any atom is 0.252 e. The topological polar surface area (TPSA) is 104 Å². The molecule has 1 saturated carbocycles. The zero-order valence-electron chi connectivity index (χ0n) is 15.9. The van der Waals surface area contributed by atoms with Gasteiger partial charge in [-0.25, -0.2) is 4.39 Å². The van der Waals surface area contributed by atoms with E-state index >= 15 is 0 Å². The second kappa shape index (κ2) is 7.07. The molecule has 0 unspecified atom stereocenters. The van der Waals surface area contributed by atoms with Gasteiger partial charge in [0.05, 0.1) is 5.52 Å². The molecule has 29 heavy (non-hydrogen) atoms. The fourth-order valence-corrected chi connectivity index (χ4v) is 3.75. The minimum Gasteiger partial charge on any atom is -0.368 e. The summed E-state index contributed by atoms with van der Waals surface area (Å²) in [5, 5.41) is 0.827. The molecule has 2 aromatic heterocycles. The van der Waals surface area contributed by atoms with E-state index in [-0.39, 0.29) is 17.3 Å². The summed E-state index contributed by atoms with van der Waals surface area (Å²) in [5.74, 6) is 1.78. The van der Waals surface area contributed by atoms with E-state index in [2.05, 4.69) is 29.7 Å². The monoisotopic (exact) mass is 395 g/mol. The van der Waals surface area contributed by atoms with Crippen LogP contribution in [0, 0.1) is 5.82 Å². The maximum absolute atomic E-state index is 13.4. The lowest BCUT2D eigenvalue weighted by Crippen LogP contribution is -2.47. The summed E-state index contributed by atoms with van der Waals surface area (Å²) >= 11 is 0. The number of nitrogens with one attached hydrogen (secondary N) is 1. The molecule has 1 aromatic carbocycles. The first-order valence-electron chi connectivity index (χ1n) is 9.85. The summed E-state index contributed by atoms with van der Waals surface area (Å²) < 4.78 is 13.4. The van der Waals surface area contributed by atoms with E-state index in [1.807, 2.05) is 6.07 Å². The van der Waals surface area contributed by atoms with Crippen LogP contribution in [0.4, 0.5) is 16.3 Å². The van der Waals surface area contributed by atoms with E-state index in [0.29, 0.717) is 29.5 Å². The molecule has 0 bridgehead atoms. The number of nitrogens with zero attached hydrogens (tertiary/aromatic N) is 5. The van der Waals surface area contributed by atoms with Gasteiger partial charge < -0.3 is 15.6 Å². The van der Waals surface area contributed by atoms with Crippen molar-refractivity contribution >= 4 is 22.8 Å². The third-order valence-corrected chi connectivity index (χ3v) is 5.53. The van der Waals surface area contributed by atoms with E-state index in [1.165, 1.54) is 12.1 Å². The Morgan fingerprint density at radius 1 is 1.10 bits per heavy atom. The van der Waals surface area contributed by atoms with Crippen LogP contribution in [0.25, 0.3) is 10.9 Å². The zero-order valence-corrected chi connectivity index (χ0v) is 15.9. The molecular formula is C20H22FN7O. The molecule has 150 valence electrons. The Kier molecular flexibility index (Phi) is 4.39. The molecule has 9 heteroatoms. The molecule has 3 heterocycles. The Hall–Kier alpha value is -3.07. The summed E-state index contributed by atoms with van der Waals surface area (Å²) in [5.41, 5.74) is 6.89. The number of nitrogen functional groups attached to an aromatic ring is 1. The molecule has 0 atom stereocenters. The molecule has 2 aliphatic rings. The highest BCUT2D eigenvalue weighted by molar-refractivity contribution is 5.78. The van der Waals surface area contributed by atoms with Gasteiger partial charge in [-0.15, -0.1) is 0 Å². The number of piperazine rings is 1. The van der Waals surface area contributed by atoms with Crippen LogP contribution in [0.5, 0.6) is 0 Å². The minimum absolute atomic E-state index is 0.176. The van der Waals surface area contributed by atoms with Crippen molar-refractivity contribution in [3.8, 4) is 0 Å². The molecule has 0 radical (unpaired) electrons. The fourth-order valence-electron chi connectivity index (χ4n) is 3.75. The molecule has 3 aromatic rings. The van der Waals surface area contributed by atoms with E-state index in [0.717, 1.165) is 50.2 Å². The largest absolute Gasteiger partial charge is 0.368 e. The van der Waals surface area contributed by atoms with Gasteiger partial charge in [0.2, 0.25) is 11.9 Å². The SMILES string of the molecule is Nc1nc(C2CC2)nc(N2CCN(Cc3cc4ccc(F)cc4[nH]c3=O)CC2)n1. The molecule has 5 rings (SSSR count). The number of fused-ring (bicyclic) bond motifs is 1. The number of hydrogen-bond donors (Lipinski definition) is 2. The van der Waals surface area contributed by atoms with Gasteiger partial charge in [-0.3, -0.25) is 9.69 Å². The molecule has 8 nitrogen and oxygen atoms in total. The molecule has 1 aliphatic carbocycles. The van der Waals surface area contributed by atoms with E-state index in [9.17, 15) is 9.18 Å². The molecule has 2 fully saturated rings. The molecule has 1 saturated heterocycles. The van der Waals surface area contributed by atoms with Crippen molar-refractivity contribution in [2.75, 3.05) is 36.8 Å². The van der Waals surface area contributed by atoms with Crippen molar-refractivity contribution in [3.63, 3.8) is 0 Å². The number of nitrogens with two attached hydrogens (primary N) is 1. The lowest BCUT2D eigenvalue weighted by atomic mass is 10.1. The van der Waals surface area contributed by atoms with Crippen LogP contribution in [0.3, 0.4) is 0 Å². The van der Waals surface area contributed by atoms with Crippen LogP contribution in [0.15, 0.2) is 29.1 Å². The lowest BCUT2D eigenvalue weighted by Gasteiger charge is -2.34. The fraction of sp³-hybridized carbons (Fsp3) is 0.400. The van der Waals surface area contributed by atoms with Crippen molar-refractivity contribution in [1.82, 2.24) is 24.8 Å². The quantitative estimate of drug-likeness (QED) is 0.692. The van der Waals surface area contributed by atoms with Gasteiger partial charge >= 0.3 is 0 Å². The standard InChI is InChI=1S/C20H22FN7O/c21-15-4-3-13-9-14(18(29)23-16(13)10-15)11-27-5-7-28(8-6-27)20-25-17(12-1-2-12)24-19(22)26-20/h3-4,9-10,12H,1-2,5-8,11H2,(H,23,29)(H2,22,24,25,26). The number of pyridine rings is 1. The Balaban J connectivity index is 1.28. The van der Waals surface area contributed by atoms with Gasteiger partial charge in [0.15, 0.2) is 0 Å². The summed E-state index contributed by atoms with van der Waals surface area (Å²) in [4.78, 5) is 32.7. The number of hydrogen-bond acceptors (Lipinski definition) is 7. The van der Waals surface area contributed by atoms with Crippen LogP contribution < -0.4 is 16.2 Å². The molecule has 3 N–H and O–H groups in total. The summed E-state index contributed by atoms with van der Waals surface area (Å²) in [7, 11) is 0. The minimum atomic E-state index is -0.360. The van der Waals surface area contributed by atoms with E-state index in [1.54, 1.807) is 6.07 Å². The predicted octanol–water partition coefficient (Wildman–Crippen LogP) is 1.63. The second-order valence-electron chi connectivity index (χ2n) is 7.74. The van der Waals surface area contributed by atoms with Crippen molar-refractivity contribution in [2.45, 2.75) is 25.3 Å². The van der Waals surface area contributed by atoms with E-state index < -0.39 is 0 Å². The van der Waals surface area contributed by atoms with Crippen molar-refractivity contribution in [2.24, 2.45) is 0 Å². The lowest BCUT2D eigenvalue weighted by molar-refractivity contribution is 0.248. The maximum atomic E-state index is 13.4. The normalized spacial score (nSPS) is 17.8. The predicted molar refractivity (Wildman–Crippen MR) is 108 cm³/mol. The van der Waals surface area contributed by atoms with Gasteiger partial charge in [-0.2, -0.15) is 15.0 Å². The van der Waals surface area contributed by atoms with E-state index in [4.69, 9.17) is 5.73 Å². The molecule has 0 spiro atoms. The van der Waals surface area contributed by atoms with Crippen LogP contribution in [-0.2, 0) is 6.54 Å². The van der Waals surface area contributed by atoms with Gasteiger partial charge in [-0.1, -0.05) is 0 Å². The molecule has 1 aliphatic heterocycles. The molecular weight excluding hydrogens is 373 g/mol. The second-order valence-corrected chi connectivity index (χ2v) is 7.74. The average Bonchev–Trinajstić information content (AvgIpc) is 3.54. The summed E-state index contributed by atoms with van der Waals surface area (Å²) in [6.07, 6.45) is 2.23. The third-order valence-electron chi connectivity index (χ3n) is 5.53. The van der Waals surface area contributed by atoms with Gasteiger partial charge in [0.25, 0.3) is 5.56 Å². The molecule has 0 amide bonds. The first-order valence-corrected chi connectivity index (χ1v) is 9.85. The smallest absolute Gasteiger partial charge is 0.252 e. The highest BCUT2D eigenvalue weighted by atomic mass is 19.1. The van der Waals surface area contributed by atoms with Crippen LogP contribution in [0.1, 0.15) is 30.1 Å². The Bertz CT molecular complexity index is 1120. The zero-order chi connectivity index (χ0) is 20.0. The third kappa shape index (κ3) is 3.77. The van der Waals surface area contributed by atoms with Crippen molar-refractivity contribution < 1.29 is 4.39 Å². The Labute approximate surface area is 166 Å². The first kappa shape index (κ1) is 18.0. The number of rotatable bonds is 4. The highest BCUT2D eigenvalue weighted by Gasteiger charge is 2.29. The Morgan fingerprint density at radius 3 is 2.66 bits per heavy atom. The van der Waals surface area contributed by atoms with Crippen LogP contribution in [-0.4, -0.2) is 51.0 Å². The highest BCUT2D eigenvalue weighted by Crippen LogP contribution is 2.38. The number of halogens is 1. The van der Waals surface area contributed by atoms with Gasteiger partial charge in [-0.05, 0) is 42.5 Å². The number of aromatic amines is 1.